The van der Waals surface area contributed by atoms with E-state index in [1.54, 1.807) is 12.3 Å². The molecule has 18 heavy (non-hydrogen) atoms. The van der Waals surface area contributed by atoms with Gasteiger partial charge in [-0.2, -0.15) is 0 Å². The molecule has 0 spiro atoms. The van der Waals surface area contributed by atoms with Gasteiger partial charge in [-0.1, -0.05) is 18.2 Å². The number of hydrogen-bond donors (Lipinski definition) is 0. The second kappa shape index (κ2) is 4.62. The third kappa shape index (κ3) is 1.89. The Morgan fingerprint density at radius 3 is 2.67 bits per heavy atom. The van der Waals surface area contributed by atoms with Gasteiger partial charge in [0.2, 0.25) is 0 Å². The molecule has 0 bridgehead atoms. The maximum atomic E-state index is 11.3. The zero-order chi connectivity index (χ0) is 12.4. The van der Waals surface area contributed by atoms with Crippen molar-refractivity contribution in [2.45, 2.75) is 5.25 Å². The molecule has 0 saturated heterocycles. The molecule has 3 rings (SSSR count). The van der Waals surface area contributed by atoms with E-state index < -0.39 is 5.25 Å². The lowest BCUT2D eigenvalue weighted by molar-refractivity contribution is 0.530. The normalized spacial score (nSPS) is 12.4. The highest BCUT2D eigenvalue weighted by Gasteiger charge is 2.33. The van der Waals surface area contributed by atoms with Crippen LogP contribution in [0.15, 0.2) is 53.1 Å². The molecule has 0 saturated carbocycles. The maximum absolute atomic E-state index is 11.3. The Labute approximate surface area is 107 Å². The predicted octanol–water partition coefficient (Wildman–Crippen LogP) is 2.74. The number of benzene rings is 1. The smallest absolute Gasteiger partial charge is 0.435 e. The van der Waals surface area contributed by atoms with E-state index in [0.29, 0.717) is 28.8 Å². The van der Waals surface area contributed by atoms with E-state index in [0.717, 1.165) is 5.52 Å². The zero-order valence-electron chi connectivity index (χ0n) is 9.32. The third-order valence-electron chi connectivity index (χ3n) is 2.59. The summed E-state index contributed by atoms with van der Waals surface area (Å²) < 4.78 is 16.9. The van der Waals surface area contributed by atoms with Gasteiger partial charge in [0.15, 0.2) is 5.58 Å². The zero-order valence-corrected chi connectivity index (χ0v) is 10.1. The summed E-state index contributed by atoms with van der Waals surface area (Å²) in [5.74, 6) is 0.398. The van der Waals surface area contributed by atoms with Gasteiger partial charge in [-0.3, -0.25) is 4.98 Å². The number of aromatic nitrogens is 2. The highest BCUT2D eigenvalue weighted by Crippen LogP contribution is 2.25. The van der Waals surface area contributed by atoms with Crippen LogP contribution in [0.5, 0.6) is 0 Å². The molecule has 0 aliphatic heterocycles. The predicted molar refractivity (Wildman–Crippen MR) is 68.1 cm³/mol. The van der Waals surface area contributed by atoms with Crippen LogP contribution >= 0.6 is 0 Å². The molecule has 88 valence electrons. The highest BCUT2D eigenvalue weighted by molar-refractivity contribution is 7.66. The first kappa shape index (κ1) is 11.0. The number of oxazole rings is 1. The average molecular weight is 257 g/mol. The summed E-state index contributed by atoms with van der Waals surface area (Å²) in [5.41, 5.74) is 2.09. The molecule has 0 N–H and O–H groups in total. The second-order valence-corrected chi connectivity index (χ2v) is 4.41. The Balaban J connectivity index is 2.09. The summed E-state index contributed by atoms with van der Waals surface area (Å²) >= 11 is 0.423. The first-order chi connectivity index (χ1) is 8.88. The van der Waals surface area contributed by atoms with Crippen LogP contribution in [0, 0.1) is 0 Å². The lowest BCUT2D eigenvalue weighted by Crippen LogP contribution is -2.01. The quantitative estimate of drug-likeness (QED) is 0.677. The summed E-state index contributed by atoms with van der Waals surface area (Å²) in [5, 5.41) is -0.515. The summed E-state index contributed by atoms with van der Waals surface area (Å²) in [4.78, 5) is 8.51. The first-order valence-electron chi connectivity index (χ1n) is 5.43. The highest BCUT2D eigenvalue weighted by atomic mass is 32.1. The van der Waals surface area contributed by atoms with Crippen molar-refractivity contribution in [3.63, 3.8) is 0 Å². The van der Waals surface area contributed by atoms with E-state index in [9.17, 15) is 4.21 Å². The Bertz CT molecular complexity index is 649. The van der Waals surface area contributed by atoms with Crippen LogP contribution in [0.4, 0.5) is 0 Å². The lowest BCUT2D eigenvalue weighted by Gasteiger charge is -1.94. The van der Waals surface area contributed by atoms with Gasteiger partial charge in [0.1, 0.15) is 11.2 Å². The molecule has 1 aromatic carbocycles. The molecule has 2 aromatic heterocycles. The van der Waals surface area contributed by atoms with Crippen LogP contribution in [-0.4, -0.2) is 9.97 Å². The van der Waals surface area contributed by atoms with Gasteiger partial charge in [0.05, 0.1) is 0 Å². The standard InChI is InChI=1S/C13H9N2O2S/c16-18-12(10-6-3-4-8-14-10)13-15-9-5-1-2-7-11(9)17-13/h1-8,12H/q+1. The summed E-state index contributed by atoms with van der Waals surface area (Å²) in [7, 11) is 0. The molecule has 0 fully saturated rings. The van der Waals surface area contributed by atoms with E-state index in [-0.39, 0.29) is 0 Å². The molecule has 0 amide bonds. The van der Waals surface area contributed by atoms with Crippen molar-refractivity contribution in [3.8, 4) is 0 Å². The number of nitrogens with zero attached hydrogens (tertiary/aromatic N) is 2. The van der Waals surface area contributed by atoms with Gasteiger partial charge in [0.25, 0.3) is 5.89 Å². The van der Waals surface area contributed by atoms with Crippen molar-refractivity contribution in [3.05, 3.63) is 60.2 Å². The minimum absolute atomic E-state index is 0.398. The molecule has 5 heteroatoms. The second-order valence-electron chi connectivity index (χ2n) is 3.75. The Morgan fingerprint density at radius 2 is 1.94 bits per heavy atom. The number of fused-ring (bicyclic) bond motifs is 1. The molecule has 1 atom stereocenters. The van der Waals surface area contributed by atoms with Crippen LogP contribution in [-0.2, 0) is 15.9 Å². The molecule has 0 aliphatic carbocycles. The van der Waals surface area contributed by atoms with E-state index >= 15 is 0 Å². The van der Waals surface area contributed by atoms with Gasteiger partial charge in [0, 0.05) is 10.4 Å². The topological polar surface area (TPSA) is 56.0 Å². The molecule has 1 unspecified atom stereocenters. The fourth-order valence-corrected chi connectivity index (χ4v) is 2.17. The van der Waals surface area contributed by atoms with Gasteiger partial charge >= 0.3 is 16.9 Å². The van der Waals surface area contributed by atoms with Crippen molar-refractivity contribution < 1.29 is 8.63 Å². The van der Waals surface area contributed by atoms with Gasteiger partial charge in [-0.25, -0.2) is 4.98 Å². The van der Waals surface area contributed by atoms with Crippen LogP contribution < -0.4 is 0 Å². The van der Waals surface area contributed by atoms with E-state index in [1.807, 2.05) is 36.4 Å². The Hall–Kier alpha value is -2.14. The summed E-state index contributed by atoms with van der Waals surface area (Å²) in [6.45, 7) is 0. The lowest BCUT2D eigenvalue weighted by atomic mass is 10.2. The minimum atomic E-state index is -0.515. The minimum Gasteiger partial charge on any atom is -0.435 e. The van der Waals surface area contributed by atoms with Gasteiger partial charge in [-0.15, -0.1) is 0 Å². The van der Waals surface area contributed by atoms with Crippen LogP contribution in [0.1, 0.15) is 16.8 Å². The SMILES string of the molecule is O=[S+]C(c1ccccn1)c1nc2ccccc2o1. The third-order valence-corrected chi connectivity index (χ3v) is 3.22. The number of rotatable bonds is 3. The Kier molecular flexibility index (Phi) is 2.82. The van der Waals surface area contributed by atoms with Crippen molar-refractivity contribution >= 4 is 22.8 Å². The van der Waals surface area contributed by atoms with Crippen LogP contribution in [0.3, 0.4) is 0 Å². The molecule has 0 radical (unpaired) electrons. The Morgan fingerprint density at radius 1 is 1.11 bits per heavy atom. The maximum Gasteiger partial charge on any atom is 0.479 e. The molecular formula is C13H9N2O2S+. The van der Waals surface area contributed by atoms with Gasteiger partial charge in [-0.05, 0) is 24.3 Å². The number of hydrogen-bond acceptors (Lipinski definition) is 4. The number of para-hydroxylation sites is 2. The largest absolute Gasteiger partial charge is 0.479 e. The molecular weight excluding hydrogens is 248 g/mol. The molecule has 3 aromatic rings. The van der Waals surface area contributed by atoms with Crippen molar-refractivity contribution in [1.29, 1.82) is 0 Å². The van der Waals surface area contributed by atoms with Gasteiger partial charge < -0.3 is 4.42 Å². The molecule has 0 aliphatic rings. The molecule has 4 nitrogen and oxygen atoms in total. The van der Waals surface area contributed by atoms with Crippen LogP contribution in [0.25, 0.3) is 11.1 Å². The van der Waals surface area contributed by atoms with E-state index in [4.69, 9.17) is 4.42 Å². The first-order valence-corrected chi connectivity index (χ1v) is 6.24. The summed E-state index contributed by atoms with van der Waals surface area (Å²) in [6, 6.07) is 12.9. The molecule has 2 heterocycles. The van der Waals surface area contributed by atoms with Crippen LogP contribution in [0.2, 0.25) is 0 Å². The summed E-state index contributed by atoms with van der Waals surface area (Å²) in [6.07, 6.45) is 1.65. The monoisotopic (exact) mass is 257 g/mol. The van der Waals surface area contributed by atoms with Crippen molar-refractivity contribution in [2.75, 3.05) is 0 Å². The van der Waals surface area contributed by atoms with Crippen molar-refractivity contribution in [2.24, 2.45) is 0 Å². The fraction of sp³-hybridized carbons (Fsp3) is 0.0769. The van der Waals surface area contributed by atoms with Crippen molar-refractivity contribution in [1.82, 2.24) is 9.97 Å². The van der Waals surface area contributed by atoms with E-state index in [2.05, 4.69) is 9.97 Å². The average Bonchev–Trinajstić information content (AvgIpc) is 2.84. The fourth-order valence-electron chi connectivity index (χ4n) is 1.75. The van der Waals surface area contributed by atoms with E-state index in [1.165, 1.54) is 0 Å². The number of pyridine rings is 1.